The van der Waals surface area contributed by atoms with E-state index in [9.17, 15) is 4.79 Å². The van der Waals surface area contributed by atoms with E-state index in [0.717, 1.165) is 42.8 Å². The Hall–Kier alpha value is -2.50. The van der Waals surface area contributed by atoms with Crippen molar-refractivity contribution in [3.8, 4) is 11.4 Å². The van der Waals surface area contributed by atoms with E-state index in [-0.39, 0.29) is 5.97 Å². The van der Waals surface area contributed by atoms with Crippen molar-refractivity contribution < 1.29 is 9.53 Å². The molecule has 1 aliphatic rings. The molecule has 0 bridgehead atoms. The van der Waals surface area contributed by atoms with Crippen molar-refractivity contribution in [3.05, 3.63) is 36.3 Å². The number of nitrogens with zero attached hydrogens (tertiary/aromatic N) is 3. The van der Waals surface area contributed by atoms with Gasteiger partial charge in [-0.25, -0.2) is 9.97 Å². The summed E-state index contributed by atoms with van der Waals surface area (Å²) in [5, 5.41) is 3.35. The lowest BCUT2D eigenvalue weighted by Crippen LogP contribution is -2.37. The quantitative estimate of drug-likeness (QED) is 0.812. The minimum atomic E-state index is -0.439. The maximum absolute atomic E-state index is 12.4. The standard InChI is InChI=1S/C19H24N4O2/c1-3-25-18(24)19(8-4-5-9-19)13-21-16-12-14(2)22-17(23-16)15-6-10-20-11-7-15/h6-7,10-12H,3-5,8-9,13H2,1-2H3,(H,21,22,23). The third kappa shape index (κ3) is 3.95. The fourth-order valence-electron chi connectivity index (χ4n) is 3.34. The third-order valence-corrected chi connectivity index (χ3v) is 4.67. The lowest BCUT2D eigenvalue weighted by Gasteiger charge is -2.27. The maximum atomic E-state index is 12.4. The Morgan fingerprint density at radius 1 is 1.24 bits per heavy atom. The predicted molar refractivity (Wildman–Crippen MR) is 96.0 cm³/mol. The average Bonchev–Trinajstić information content (AvgIpc) is 3.11. The number of aromatic nitrogens is 3. The molecule has 0 amide bonds. The molecule has 132 valence electrons. The van der Waals surface area contributed by atoms with Crippen LogP contribution in [0.1, 0.15) is 38.3 Å². The number of carbonyl (C=O) groups is 1. The second-order valence-electron chi connectivity index (χ2n) is 6.52. The van der Waals surface area contributed by atoms with E-state index in [0.29, 0.717) is 19.0 Å². The van der Waals surface area contributed by atoms with Crippen molar-refractivity contribution >= 4 is 11.8 Å². The fourth-order valence-corrected chi connectivity index (χ4v) is 3.34. The largest absolute Gasteiger partial charge is 0.466 e. The van der Waals surface area contributed by atoms with Crippen LogP contribution in [-0.4, -0.2) is 34.1 Å². The van der Waals surface area contributed by atoms with Crippen LogP contribution in [0, 0.1) is 12.3 Å². The Labute approximate surface area is 148 Å². The second kappa shape index (κ2) is 7.59. The topological polar surface area (TPSA) is 77.0 Å². The maximum Gasteiger partial charge on any atom is 0.313 e. The summed E-state index contributed by atoms with van der Waals surface area (Å²) in [7, 11) is 0. The van der Waals surface area contributed by atoms with Crippen LogP contribution in [0.2, 0.25) is 0 Å². The first kappa shape index (κ1) is 17.3. The highest BCUT2D eigenvalue weighted by atomic mass is 16.5. The summed E-state index contributed by atoms with van der Waals surface area (Å²) >= 11 is 0. The van der Waals surface area contributed by atoms with Crippen molar-refractivity contribution in [2.45, 2.75) is 39.5 Å². The van der Waals surface area contributed by atoms with Crippen molar-refractivity contribution in [3.63, 3.8) is 0 Å². The Kier molecular flexibility index (Phi) is 5.26. The lowest BCUT2D eigenvalue weighted by atomic mass is 9.86. The van der Waals surface area contributed by atoms with Crippen LogP contribution in [0.3, 0.4) is 0 Å². The number of anilines is 1. The van der Waals surface area contributed by atoms with Gasteiger partial charge in [0.2, 0.25) is 0 Å². The molecule has 1 saturated carbocycles. The zero-order chi connectivity index (χ0) is 17.7. The molecule has 0 saturated heterocycles. The van der Waals surface area contributed by atoms with Gasteiger partial charge in [0.25, 0.3) is 0 Å². The Morgan fingerprint density at radius 3 is 2.64 bits per heavy atom. The summed E-state index contributed by atoms with van der Waals surface area (Å²) in [6.07, 6.45) is 7.29. The van der Waals surface area contributed by atoms with Gasteiger partial charge in [-0.15, -0.1) is 0 Å². The van der Waals surface area contributed by atoms with Crippen LogP contribution in [-0.2, 0) is 9.53 Å². The van der Waals surface area contributed by atoms with Gasteiger partial charge in [-0.1, -0.05) is 12.8 Å². The normalized spacial score (nSPS) is 15.8. The number of carbonyl (C=O) groups excluding carboxylic acids is 1. The van der Waals surface area contributed by atoms with E-state index in [1.54, 1.807) is 12.4 Å². The van der Waals surface area contributed by atoms with Crippen molar-refractivity contribution in [2.75, 3.05) is 18.5 Å². The first-order valence-corrected chi connectivity index (χ1v) is 8.80. The van der Waals surface area contributed by atoms with E-state index in [4.69, 9.17) is 4.74 Å². The molecular weight excluding hydrogens is 316 g/mol. The number of pyridine rings is 1. The molecule has 6 nitrogen and oxygen atoms in total. The summed E-state index contributed by atoms with van der Waals surface area (Å²) in [5.74, 6) is 1.29. The molecule has 1 N–H and O–H groups in total. The first-order chi connectivity index (χ1) is 12.1. The van der Waals surface area contributed by atoms with Crippen LogP contribution in [0.15, 0.2) is 30.6 Å². The fraction of sp³-hybridized carbons (Fsp3) is 0.474. The van der Waals surface area contributed by atoms with Gasteiger partial charge in [0.05, 0.1) is 12.0 Å². The van der Waals surface area contributed by atoms with Crippen LogP contribution in [0.25, 0.3) is 11.4 Å². The molecule has 2 aromatic heterocycles. The number of ether oxygens (including phenoxy) is 1. The second-order valence-corrected chi connectivity index (χ2v) is 6.52. The monoisotopic (exact) mass is 340 g/mol. The van der Waals surface area contributed by atoms with Gasteiger partial charge in [0.15, 0.2) is 5.82 Å². The van der Waals surface area contributed by atoms with Gasteiger partial charge in [-0.2, -0.15) is 0 Å². The molecule has 1 aliphatic carbocycles. The molecule has 0 unspecified atom stereocenters. The van der Waals surface area contributed by atoms with E-state index >= 15 is 0 Å². The summed E-state index contributed by atoms with van der Waals surface area (Å²) in [4.78, 5) is 25.6. The van der Waals surface area contributed by atoms with E-state index < -0.39 is 5.41 Å². The third-order valence-electron chi connectivity index (χ3n) is 4.67. The number of aryl methyl sites for hydroxylation is 1. The molecule has 3 rings (SSSR count). The number of hydrogen-bond acceptors (Lipinski definition) is 6. The Balaban J connectivity index is 1.78. The number of nitrogens with one attached hydrogen (secondary N) is 1. The summed E-state index contributed by atoms with van der Waals surface area (Å²) in [6, 6.07) is 5.67. The molecular formula is C19H24N4O2. The molecule has 2 heterocycles. The van der Waals surface area contributed by atoms with Crippen LogP contribution in [0.4, 0.5) is 5.82 Å². The SMILES string of the molecule is CCOC(=O)C1(CNc2cc(C)nc(-c3ccncc3)n2)CCCC1. The molecule has 25 heavy (non-hydrogen) atoms. The zero-order valence-electron chi connectivity index (χ0n) is 14.8. The Bertz CT molecular complexity index is 727. The minimum absolute atomic E-state index is 0.0971. The van der Waals surface area contributed by atoms with E-state index in [2.05, 4.69) is 20.3 Å². The number of esters is 1. The van der Waals surface area contributed by atoms with E-state index in [1.165, 1.54) is 0 Å². The molecule has 6 heteroatoms. The van der Waals surface area contributed by atoms with Gasteiger partial charge in [0.1, 0.15) is 5.82 Å². The lowest BCUT2D eigenvalue weighted by molar-refractivity contribution is -0.154. The molecule has 0 aromatic carbocycles. The van der Waals surface area contributed by atoms with Gasteiger partial charge in [-0.3, -0.25) is 9.78 Å². The zero-order valence-corrected chi connectivity index (χ0v) is 14.8. The minimum Gasteiger partial charge on any atom is -0.466 e. The molecule has 0 radical (unpaired) electrons. The summed E-state index contributed by atoms with van der Waals surface area (Å²) in [6.45, 7) is 4.74. The molecule has 2 aromatic rings. The first-order valence-electron chi connectivity index (χ1n) is 8.80. The van der Waals surface area contributed by atoms with Gasteiger partial charge in [-0.05, 0) is 38.8 Å². The van der Waals surface area contributed by atoms with Crippen LogP contribution >= 0.6 is 0 Å². The van der Waals surface area contributed by atoms with E-state index in [1.807, 2.05) is 32.0 Å². The smallest absolute Gasteiger partial charge is 0.313 e. The molecule has 0 aliphatic heterocycles. The van der Waals surface area contributed by atoms with Crippen molar-refractivity contribution in [1.82, 2.24) is 15.0 Å². The van der Waals surface area contributed by atoms with Crippen molar-refractivity contribution in [2.24, 2.45) is 5.41 Å². The van der Waals surface area contributed by atoms with Gasteiger partial charge >= 0.3 is 5.97 Å². The highest BCUT2D eigenvalue weighted by Crippen LogP contribution is 2.39. The molecule has 0 atom stereocenters. The number of hydrogen-bond donors (Lipinski definition) is 1. The predicted octanol–water partition coefficient (Wildman–Crippen LogP) is 3.38. The number of rotatable bonds is 6. The highest BCUT2D eigenvalue weighted by Gasteiger charge is 2.42. The summed E-state index contributed by atoms with van der Waals surface area (Å²) in [5.41, 5.74) is 1.36. The van der Waals surface area contributed by atoms with Crippen LogP contribution in [0.5, 0.6) is 0 Å². The summed E-state index contributed by atoms with van der Waals surface area (Å²) < 4.78 is 5.32. The Morgan fingerprint density at radius 2 is 1.96 bits per heavy atom. The molecule has 1 fully saturated rings. The highest BCUT2D eigenvalue weighted by molar-refractivity contribution is 5.78. The van der Waals surface area contributed by atoms with Gasteiger partial charge < -0.3 is 10.1 Å². The van der Waals surface area contributed by atoms with Crippen LogP contribution < -0.4 is 5.32 Å². The molecule has 0 spiro atoms. The van der Waals surface area contributed by atoms with Crippen molar-refractivity contribution in [1.29, 1.82) is 0 Å². The average molecular weight is 340 g/mol. The van der Waals surface area contributed by atoms with Gasteiger partial charge in [0, 0.05) is 36.3 Å².